The van der Waals surface area contributed by atoms with Gasteiger partial charge >= 0.3 is 6.03 Å². The zero-order chi connectivity index (χ0) is 20.4. The predicted octanol–water partition coefficient (Wildman–Crippen LogP) is 6.46. The summed E-state index contributed by atoms with van der Waals surface area (Å²) < 4.78 is 5.50. The topological polar surface area (TPSA) is 71.3 Å². The zero-order valence-corrected chi connectivity index (χ0v) is 17.5. The van der Waals surface area contributed by atoms with Crippen molar-refractivity contribution in [2.45, 2.75) is 25.3 Å². The Kier molecular flexibility index (Phi) is 5.94. The molecule has 1 aliphatic heterocycles. The molecule has 0 bridgehead atoms. The molecule has 29 heavy (non-hydrogen) atoms. The Labute approximate surface area is 182 Å². The summed E-state index contributed by atoms with van der Waals surface area (Å²) in [7, 11) is 0. The number of piperidine rings is 1. The molecule has 0 radical (unpaired) electrons. The van der Waals surface area contributed by atoms with Crippen LogP contribution in [-0.4, -0.2) is 27.6 Å². The molecule has 1 aliphatic rings. The van der Waals surface area contributed by atoms with Crippen molar-refractivity contribution in [1.82, 2.24) is 15.0 Å². The smallest absolute Gasteiger partial charge is 0.322 e. The number of amides is 2. The van der Waals surface area contributed by atoms with Gasteiger partial charge in [0.2, 0.25) is 11.7 Å². The first-order valence-corrected chi connectivity index (χ1v) is 10.3. The number of likely N-dealkylation sites (tertiary alicyclic amines) is 1. The third-order valence-corrected chi connectivity index (χ3v) is 5.82. The lowest BCUT2D eigenvalue weighted by Crippen LogP contribution is -2.41. The van der Waals surface area contributed by atoms with Crippen molar-refractivity contribution in [3.05, 3.63) is 63.4 Å². The average Bonchev–Trinajstić information content (AvgIpc) is 3.21. The normalized spacial score (nSPS) is 16.7. The van der Waals surface area contributed by atoms with Gasteiger partial charge in [-0.15, -0.1) is 0 Å². The highest BCUT2D eigenvalue weighted by Crippen LogP contribution is 2.34. The van der Waals surface area contributed by atoms with Gasteiger partial charge in [0.15, 0.2) is 0 Å². The standard InChI is InChI=1S/C20H17Cl3N4O2/c21-13-6-3-5-12(11-13)18-25-19(29-26-18)16-9-1-2-10-27(16)20(28)24-15-8-4-7-14(22)17(15)23/h3-8,11,16H,1-2,9-10H2,(H,24,28). The van der Waals surface area contributed by atoms with Crippen LogP contribution in [0, 0.1) is 0 Å². The van der Waals surface area contributed by atoms with Crippen molar-refractivity contribution >= 4 is 46.5 Å². The largest absolute Gasteiger partial charge is 0.337 e. The van der Waals surface area contributed by atoms with Gasteiger partial charge in [0.1, 0.15) is 6.04 Å². The fourth-order valence-corrected chi connectivity index (χ4v) is 3.87. The molecule has 2 aromatic carbocycles. The van der Waals surface area contributed by atoms with Gasteiger partial charge in [0, 0.05) is 17.1 Å². The maximum Gasteiger partial charge on any atom is 0.322 e. The van der Waals surface area contributed by atoms with E-state index < -0.39 is 0 Å². The third kappa shape index (κ3) is 4.34. The van der Waals surface area contributed by atoms with Gasteiger partial charge in [-0.05, 0) is 43.5 Å². The first-order valence-electron chi connectivity index (χ1n) is 9.14. The van der Waals surface area contributed by atoms with Crippen LogP contribution in [0.1, 0.15) is 31.2 Å². The molecule has 0 saturated carbocycles. The number of urea groups is 1. The fraction of sp³-hybridized carbons (Fsp3) is 0.250. The summed E-state index contributed by atoms with van der Waals surface area (Å²) in [6.07, 6.45) is 2.58. The number of nitrogens with one attached hydrogen (secondary N) is 1. The Morgan fingerprint density at radius 3 is 2.79 bits per heavy atom. The summed E-state index contributed by atoms with van der Waals surface area (Å²) in [6.45, 7) is 0.573. The average molecular weight is 452 g/mol. The third-order valence-electron chi connectivity index (χ3n) is 4.77. The van der Waals surface area contributed by atoms with Gasteiger partial charge in [-0.3, -0.25) is 0 Å². The Hall–Kier alpha value is -2.28. The van der Waals surface area contributed by atoms with Gasteiger partial charge in [0.05, 0.1) is 15.7 Å². The molecular formula is C20H17Cl3N4O2. The van der Waals surface area contributed by atoms with Crippen LogP contribution >= 0.6 is 34.8 Å². The lowest BCUT2D eigenvalue weighted by Gasteiger charge is -2.33. The first kappa shape index (κ1) is 20.0. The van der Waals surface area contributed by atoms with Crippen molar-refractivity contribution < 1.29 is 9.32 Å². The Morgan fingerprint density at radius 2 is 1.97 bits per heavy atom. The number of carbonyl (C=O) groups excluding carboxylic acids is 1. The first-order chi connectivity index (χ1) is 14.0. The van der Waals surface area contributed by atoms with Gasteiger partial charge in [-0.25, -0.2) is 4.79 Å². The second-order valence-corrected chi connectivity index (χ2v) is 7.92. The summed E-state index contributed by atoms with van der Waals surface area (Å²) in [5, 5.41) is 8.16. The summed E-state index contributed by atoms with van der Waals surface area (Å²) >= 11 is 18.3. The van der Waals surface area contributed by atoms with E-state index in [9.17, 15) is 4.79 Å². The predicted molar refractivity (Wildman–Crippen MR) is 114 cm³/mol. The monoisotopic (exact) mass is 450 g/mol. The van der Waals surface area contributed by atoms with Crippen molar-refractivity contribution in [1.29, 1.82) is 0 Å². The summed E-state index contributed by atoms with van der Waals surface area (Å²) in [6, 6.07) is 11.7. The zero-order valence-electron chi connectivity index (χ0n) is 15.2. The number of anilines is 1. The molecule has 1 unspecified atom stereocenters. The molecule has 9 heteroatoms. The molecular weight excluding hydrogens is 435 g/mol. The highest BCUT2D eigenvalue weighted by Gasteiger charge is 2.32. The SMILES string of the molecule is O=C(Nc1cccc(Cl)c1Cl)N1CCCCC1c1nc(-c2cccc(Cl)c2)no1. The minimum Gasteiger partial charge on any atom is -0.337 e. The number of benzene rings is 2. The molecule has 1 atom stereocenters. The summed E-state index contributed by atoms with van der Waals surface area (Å²) in [4.78, 5) is 19.1. The molecule has 6 nitrogen and oxygen atoms in total. The lowest BCUT2D eigenvalue weighted by atomic mass is 10.0. The summed E-state index contributed by atoms with van der Waals surface area (Å²) in [5.41, 5.74) is 1.21. The van der Waals surface area contributed by atoms with E-state index in [4.69, 9.17) is 39.3 Å². The van der Waals surface area contributed by atoms with Crippen LogP contribution < -0.4 is 5.32 Å². The Morgan fingerprint density at radius 1 is 1.14 bits per heavy atom. The number of halogens is 3. The van der Waals surface area contributed by atoms with Crippen LogP contribution in [0.3, 0.4) is 0 Å². The number of nitrogens with zero attached hydrogens (tertiary/aromatic N) is 3. The van der Waals surface area contributed by atoms with Crippen molar-refractivity contribution in [2.75, 3.05) is 11.9 Å². The van der Waals surface area contributed by atoms with Crippen LogP contribution in [0.2, 0.25) is 15.1 Å². The maximum absolute atomic E-state index is 12.9. The molecule has 0 aliphatic carbocycles. The van der Waals surface area contributed by atoms with Crippen molar-refractivity contribution in [2.24, 2.45) is 0 Å². The number of carbonyl (C=O) groups is 1. The van der Waals surface area contributed by atoms with Crippen LogP contribution in [-0.2, 0) is 0 Å². The molecule has 150 valence electrons. The molecule has 1 saturated heterocycles. The molecule has 4 rings (SSSR count). The van der Waals surface area contributed by atoms with Gasteiger partial charge < -0.3 is 14.7 Å². The Bertz CT molecular complexity index is 1040. The molecule has 0 spiro atoms. The minimum atomic E-state index is -0.317. The highest BCUT2D eigenvalue weighted by molar-refractivity contribution is 6.43. The van der Waals surface area contributed by atoms with Crippen LogP contribution in [0.5, 0.6) is 0 Å². The van der Waals surface area contributed by atoms with Crippen LogP contribution in [0.25, 0.3) is 11.4 Å². The minimum absolute atomic E-state index is 0.290. The van der Waals surface area contributed by atoms with Crippen LogP contribution in [0.4, 0.5) is 10.5 Å². The second-order valence-electron chi connectivity index (χ2n) is 6.70. The molecule has 1 aromatic heterocycles. The van der Waals surface area contributed by atoms with Crippen molar-refractivity contribution in [3.63, 3.8) is 0 Å². The second kappa shape index (κ2) is 8.61. The molecule has 2 amide bonds. The Balaban J connectivity index is 1.56. The van der Waals surface area contributed by atoms with E-state index in [1.54, 1.807) is 35.2 Å². The van der Waals surface area contributed by atoms with E-state index in [-0.39, 0.29) is 12.1 Å². The highest BCUT2D eigenvalue weighted by atomic mass is 35.5. The van der Waals surface area contributed by atoms with E-state index in [1.165, 1.54) is 0 Å². The summed E-state index contributed by atoms with van der Waals surface area (Å²) in [5.74, 6) is 0.832. The van der Waals surface area contributed by atoms with Crippen molar-refractivity contribution in [3.8, 4) is 11.4 Å². The maximum atomic E-state index is 12.9. The van der Waals surface area contributed by atoms with Gasteiger partial charge in [-0.2, -0.15) is 4.98 Å². The molecule has 2 heterocycles. The fourth-order valence-electron chi connectivity index (χ4n) is 3.33. The van der Waals surface area contributed by atoms with E-state index in [2.05, 4.69) is 15.5 Å². The van der Waals surface area contributed by atoms with Crippen LogP contribution in [0.15, 0.2) is 47.0 Å². The van der Waals surface area contributed by atoms with E-state index in [0.29, 0.717) is 39.0 Å². The number of hydrogen-bond acceptors (Lipinski definition) is 4. The van der Waals surface area contributed by atoms with Gasteiger partial charge in [-0.1, -0.05) is 58.2 Å². The lowest BCUT2D eigenvalue weighted by molar-refractivity contribution is 0.142. The molecule has 3 aromatic rings. The van der Waals surface area contributed by atoms with Gasteiger partial charge in [0.25, 0.3) is 0 Å². The molecule has 1 N–H and O–H groups in total. The molecule has 1 fully saturated rings. The van der Waals surface area contributed by atoms with E-state index in [1.807, 2.05) is 12.1 Å². The number of rotatable bonds is 3. The number of aromatic nitrogens is 2. The number of hydrogen-bond donors (Lipinski definition) is 1. The quantitative estimate of drug-likeness (QED) is 0.496. The van der Waals surface area contributed by atoms with E-state index in [0.717, 1.165) is 24.8 Å². The van der Waals surface area contributed by atoms with E-state index >= 15 is 0 Å².